The lowest BCUT2D eigenvalue weighted by molar-refractivity contribution is -0.136. The maximum Gasteiger partial charge on any atom is 0.334 e. The fraction of sp³-hybridized carbons (Fsp3) is 0.333. The number of hydrogen-bond acceptors (Lipinski definition) is 3. The van der Waals surface area contributed by atoms with Crippen LogP contribution >= 0.6 is 15.9 Å². The lowest BCUT2D eigenvalue weighted by atomic mass is 10.0. The van der Waals surface area contributed by atoms with Crippen LogP contribution in [-0.2, 0) is 14.3 Å². The Kier molecular flexibility index (Phi) is 6.50. The Labute approximate surface area is 121 Å². The van der Waals surface area contributed by atoms with E-state index in [-0.39, 0.29) is 5.78 Å². The zero-order valence-corrected chi connectivity index (χ0v) is 12.7. The average molecular weight is 325 g/mol. The third kappa shape index (κ3) is 4.63. The smallest absolute Gasteiger partial charge is 0.334 e. The van der Waals surface area contributed by atoms with Crippen molar-refractivity contribution in [3.8, 4) is 0 Å². The minimum Gasteiger partial charge on any atom is -0.466 e. The van der Waals surface area contributed by atoms with Gasteiger partial charge in [0.25, 0.3) is 0 Å². The summed E-state index contributed by atoms with van der Waals surface area (Å²) in [6.45, 7) is 1.82. The summed E-state index contributed by atoms with van der Waals surface area (Å²) in [4.78, 5) is 23.2. The Morgan fingerprint density at radius 2 is 1.79 bits per heavy atom. The summed E-state index contributed by atoms with van der Waals surface area (Å²) >= 11 is 3.43. The van der Waals surface area contributed by atoms with Crippen LogP contribution in [0.4, 0.5) is 0 Å². The SMILES string of the molecule is CCC(=O)CC/C(C(=O)OC)=C(/Br)c1ccccc1. The molecule has 0 atom stereocenters. The predicted octanol–water partition coefficient (Wildman–Crippen LogP) is 3.72. The number of rotatable bonds is 6. The number of ether oxygens (including phenoxy) is 1. The van der Waals surface area contributed by atoms with Gasteiger partial charge in [-0.1, -0.05) is 37.3 Å². The number of carbonyl (C=O) groups excluding carboxylic acids is 2. The molecule has 0 saturated heterocycles. The van der Waals surface area contributed by atoms with Crippen LogP contribution in [0.3, 0.4) is 0 Å². The Morgan fingerprint density at radius 3 is 2.32 bits per heavy atom. The van der Waals surface area contributed by atoms with Crippen molar-refractivity contribution in [2.75, 3.05) is 7.11 Å². The molecule has 0 aliphatic carbocycles. The summed E-state index contributed by atoms with van der Waals surface area (Å²) < 4.78 is 5.47. The van der Waals surface area contributed by atoms with Crippen LogP contribution in [0.15, 0.2) is 35.9 Å². The van der Waals surface area contributed by atoms with Crippen molar-refractivity contribution in [1.82, 2.24) is 0 Å². The van der Waals surface area contributed by atoms with Crippen molar-refractivity contribution < 1.29 is 14.3 Å². The predicted molar refractivity (Wildman–Crippen MR) is 78.8 cm³/mol. The Hall–Kier alpha value is -1.42. The molecule has 102 valence electrons. The van der Waals surface area contributed by atoms with Crippen molar-refractivity contribution in [2.24, 2.45) is 0 Å². The first-order chi connectivity index (χ1) is 9.10. The second-order valence-corrected chi connectivity index (χ2v) is 4.84. The molecule has 1 aromatic rings. The summed E-state index contributed by atoms with van der Waals surface area (Å²) in [5.74, 6) is -0.269. The molecule has 0 heterocycles. The number of carbonyl (C=O) groups is 2. The zero-order chi connectivity index (χ0) is 14.3. The number of hydrogen-bond donors (Lipinski definition) is 0. The fourth-order valence-electron chi connectivity index (χ4n) is 1.62. The molecule has 0 fully saturated rings. The van der Waals surface area contributed by atoms with Gasteiger partial charge < -0.3 is 4.74 Å². The monoisotopic (exact) mass is 324 g/mol. The van der Waals surface area contributed by atoms with Crippen molar-refractivity contribution in [1.29, 1.82) is 0 Å². The second-order valence-electron chi connectivity index (χ2n) is 4.04. The van der Waals surface area contributed by atoms with E-state index >= 15 is 0 Å². The Balaban J connectivity index is 3.01. The molecule has 0 bridgehead atoms. The number of halogens is 1. The van der Waals surface area contributed by atoms with E-state index in [1.807, 2.05) is 37.3 Å². The molecule has 0 radical (unpaired) electrons. The highest BCUT2D eigenvalue weighted by atomic mass is 79.9. The van der Waals surface area contributed by atoms with Gasteiger partial charge in [-0.15, -0.1) is 0 Å². The van der Waals surface area contributed by atoms with Gasteiger partial charge in [0.1, 0.15) is 5.78 Å². The van der Waals surface area contributed by atoms with Crippen molar-refractivity contribution >= 4 is 32.2 Å². The molecule has 0 aliphatic rings. The van der Waals surface area contributed by atoms with E-state index in [9.17, 15) is 9.59 Å². The molecular weight excluding hydrogens is 308 g/mol. The molecule has 19 heavy (non-hydrogen) atoms. The van der Waals surface area contributed by atoms with Gasteiger partial charge in [0.2, 0.25) is 0 Å². The molecule has 4 heteroatoms. The van der Waals surface area contributed by atoms with Gasteiger partial charge in [-0.2, -0.15) is 0 Å². The lowest BCUT2D eigenvalue weighted by Crippen LogP contribution is -2.08. The van der Waals surface area contributed by atoms with Gasteiger partial charge >= 0.3 is 5.97 Å². The number of benzene rings is 1. The largest absolute Gasteiger partial charge is 0.466 e. The van der Waals surface area contributed by atoms with Gasteiger partial charge in [-0.25, -0.2) is 4.79 Å². The minimum absolute atomic E-state index is 0.134. The Morgan fingerprint density at radius 1 is 1.16 bits per heavy atom. The van der Waals surface area contributed by atoms with Crippen LogP contribution in [0.5, 0.6) is 0 Å². The van der Waals surface area contributed by atoms with Crippen molar-refractivity contribution in [2.45, 2.75) is 26.2 Å². The highest BCUT2D eigenvalue weighted by Gasteiger charge is 2.16. The Bertz CT molecular complexity index is 477. The van der Waals surface area contributed by atoms with Crippen molar-refractivity contribution in [3.63, 3.8) is 0 Å². The van der Waals surface area contributed by atoms with Crippen LogP contribution in [0, 0.1) is 0 Å². The molecule has 0 unspecified atom stereocenters. The van der Waals surface area contributed by atoms with Crippen LogP contribution < -0.4 is 0 Å². The minimum atomic E-state index is -0.403. The van der Waals surface area contributed by atoms with E-state index in [0.29, 0.717) is 29.3 Å². The first kappa shape index (κ1) is 15.6. The highest BCUT2D eigenvalue weighted by molar-refractivity contribution is 9.15. The first-order valence-electron chi connectivity index (χ1n) is 6.14. The topological polar surface area (TPSA) is 43.4 Å². The fourth-order valence-corrected chi connectivity index (χ4v) is 2.25. The van der Waals surface area contributed by atoms with Gasteiger partial charge in [0, 0.05) is 17.3 Å². The summed E-state index contributed by atoms with van der Waals surface area (Å²) in [7, 11) is 1.34. The van der Waals surface area contributed by atoms with Crippen LogP contribution in [0.1, 0.15) is 31.7 Å². The van der Waals surface area contributed by atoms with E-state index in [0.717, 1.165) is 5.56 Å². The maximum absolute atomic E-state index is 11.8. The summed E-state index contributed by atoms with van der Waals surface area (Å²) in [5, 5.41) is 0. The van der Waals surface area contributed by atoms with E-state index in [2.05, 4.69) is 15.9 Å². The van der Waals surface area contributed by atoms with Crippen LogP contribution in [0.2, 0.25) is 0 Å². The lowest BCUT2D eigenvalue weighted by Gasteiger charge is -2.09. The van der Waals surface area contributed by atoms with Crippen molar-refractivity contribution in [3.05, 3.63) is 41.5 Å². The maximum atomic E-state index is 11.8. The third-order valence-electron chi connectivity index (χ3n) is 2.77. The van der Waals surface area contributed by atoms with E-state index in [1.54, 1.807) is 0 Å². The summed E-state index contributed by atoms with van der Waals surface area (Å²) in [6.07, 6.45) is 1.22. The zero-order valence-electron chi connectivity index (χ0n) is 11.1. The highest BCUT2D eigenvalue weighted by Crippen LogP contribution is 2.28. The molecule has 3 nitrogen and oxygen atoms in total. The number of Topliss-reactive ketones (excluding diaryl/α,β-unsaturated/α-hetero) is 1. The summed E-state index contributed by atoms with van der Waals surface area (Å²) in [5.41, 5.74) is 1.39. The average Bonchev–Trinajstić information content (AvgIpc) is 2.47. The van der Waals surface area contributed by atoms with Crippen LogP contribution in [0.25, 0.3) is 4.48 Å². The number of methoxy groups -OCH3 is 1. The molecule has 0 aliphatic heterocycles. The molecule has 0 amide bonds. The van der Waals surface area contributed by atoms with Crippen LogP contribution in [-0.4, -0.2) is 18.9 Å². The van der Waals surface area contributed by atoms with Gasteiger partial charge in [0.15, 0.2) is 0 Å². The normalized spacial score (nSPS) is 11.7. The van der Waals surface area contributed by atoms with Gasteiger partial charge in [-0.3, -0.25) is 4.79 Å². The standard InChI is InChI=1S/C15H17BrO3/c1-3-12(17)9-10-13(15(18)19-2)14(16)11-7-5-4-6-8-11/h4-8H,3,9-10H2,1-2H3/b14-13-. The van der Waals surface area contributed by atoms with E-state index in [4.69, 9.17) is 4.74 Å². The number of ketones is 1. The quantitative estimate of drug-likeness (QED) is 0.591. The van der Waals surface area contributed by atoms with Gasteiger partial charge in [-0.05, 0) is 27.9 Å². The number of esters is 1. The molecule has 0 saturated carbocycles. The molecule has 0 spiro atoms. The summed E-state index contributed by atoms with van der Waals surface area (Å²) in [6, 6.07) is 9.48. The first-order valence-corrected chi connectivity index (χ1v) is 6.93. The third-order valence-corrected chi connectivity index (χ3v) is 3.71. The van der Waals surface area contributed by atoms with E-state index in [1.165, 1.54) is 7.11 Å². The molecule has 0 N–H and O–H groups in total. The van der Waals surface area contributed by atoms with E-state index < -0.39 is 5.97 Å². The molecule has 1 rings (SSSR count). The molecule has 1 aromatic carbocycles. The molecule has 0 aromatic heterocycles. The van der Waals surface area contributed by atoms with Gasteiger partial charge in [0.05, 0.1) is 12.7 Å². The second kappa shape index (κ2) is 7.89. The molecular formula is C15H17BrO3.